The van der Waals surface area contributed by atoms with Crippen molar-refractivity contribution in [1.29, 1.82) is 0 Å². The number of alkyl halides is 1. The molecule has 2 nitrogen and oxygen atoms in total. The van der Waals surface area contributed by atoms with E-state index in [1.54, 1.807) is 24.3 Å². The molecule has 0 aromatic heterocycles. The van der Waals surface area contributed by atoms with Crippen molar-refractivity contribution in [3.8, 4) is 0 Å². The van der Waals surface area contributed by atoms with Crippen molar-refractivity contribution in [3.05, 3.63) is 40.4 Å². The molecule has 0 heterocycles. The summed E-state index contributed by atoms with van der Waals surface area (Å²) < 4.78 is 4.58. The van der Waals surface area contributed by atoms with Crippen LogP contribution in [0.3, 0.4) is 0 Å². The number of esters is 1. The molecule has 0 spiro atoms. The number of ether oxygens (including phenoxy) is 1. The quantitative estimate of drug-likeness (QED) is 0.464. The van der Waals surface area contributed by atoms with Gasteiger partial charge in [0, 0.05) is 5.02 Å². The van der Waals surface area contributed by atoms with Gasteiger partial charge in [0.15, 0.2) is 0 Å². The Kier molecular flexibility index (Phi) is 4.66. The average molecular weight is 245 g/mol. The first-order valence-corrected chi connectivity index (χ1v) is 5.19. The molecule has 0 saturated carbocycles. The summed E-state index contributed by atoms with van der Waals surface area (Å²) in [5.41, 5.74) is 1.23. The number of hydrogen-bond donors (Lipinski definition) is 0. The summed E-state index contributed by atoms with van der Waals surface area (Å²) in [6, 6.07) is 7.15. The summed E-state index contributed by atoms with van der Waals surface area (Å²) in [7, 11) is 1.32. The molecule has 1 rings (SSSR count). The van der Waals surface area contributed by atoms with Gasteiger partial charge in [-0.1, -0.05) is 23.7 Å². The van der Waals surface area contributed by atoms with E-state index in [1.165, 1.54) is 7.11 Å². The molecule has 0 amide bonds. The van der Waals surface area contributed by atoms with Gasteiger partial charge >= 0.3 is 5.97 Å². The molecule has 0 fully saturated rings. The van der Waals surface area contributed by atoms with Crippen molar-refractivity contribution in [1.82, 2.24) is 0 Å². The van der Waals surface area contributed by atoms with Crippen LogP contribution in [0.1, 0.15) is 5.56 Å². The highest BCUT2D eigenvalue weighted by Crippen LogP contribution is 2.14. The van der Waals surface area contributed by atoms with Gasteiger partial charge in [-0.3, -0.25) is 0 Å². The molecule has 80 valence electrons. The van der Waals surface area contributed by atoms with E-state index in [1.807, 2.05) is 6.07 Å². The molecular weight excluding hydrogens is 235 g/mol. The smallest absolute Gasteiger partial charge is 0.334 e. The first-order valence-electron chi connectivity index (χ1n) is 4.28. The maximum atomic E-state index is 11.2. The molecule has 1 aromatic rings. The zero-order valence-electron chi connectivity index (χ0n) is 8.17. The highest BCUT2D eigenvalue weighted by molar-refractivity contribution is 6.30. The number of carbonyl (C=O) groups is 1. The number of hydrogen-bond acceptors (Lipinski definition) is 2. The van der Waals surface area contributed by atoms with Gasteiger partial charge in [-0.25, -0.2) is 4.79 Å². The molecule has 4 heteroatoms. The Balaban J connectivity index is 2.98. The van der Waals surface area contributed by atoms with E-state index in [-0.39, 0.29) is 5.88 Å². The molecule has 15 heavy (non-hydrogen) atoms. The zero-order chi connectivity index (χ0) is 11.3. The Hall–Kier alpha value is -0.990. The van der Waals surface area contributed by atoms with Crippen molar-refractivity contribution < 1.29 is 9.53 Å². The van der Waals surface area contributed by atoms with Gasteiger partial charge in [-0.2, -0.15) is 0 Å². The first kappa shape index (κ1) is 12.1. The molecular formula is C11H10Cl2O2. The van der Waals surface area contributed by atoms with Crippen molar-refractivity contribution in [2.45, 2.75) is 0 Å². The minimum atomic E-state index is -0.426. The summed E-state index contributed by atoms with van der Waals surface area (Å²) in [4.78, 5) is 11.2. The van der Waals surface area contributed by atoms with Crippen LogP contribution >= 0.6 is 23.2 Å². The van der Waals surface area contributed by atoms with Gasteiger partial charge in [0.25, 0.3) is 0 Å². The molecule has 0 aliphatic heterocycles. The van der Waals surface area contributed by atoms with Crippen LogP contribution in [0.25, 0.3) is 6.08 Å². The van der Waals surface area contributed by atoms with E-state index in [0.717, 1.165) is 5.56 Å². The molecule has 0 aliphatic carbocycles. The highest BCUT2D eigenvalue weighted by atomic mass is 35.5. The second-order valence-corrected chi connectivity index (χ2v) is 3.55. The van der Waals surface area contributed by atoms with Crippen LogP contribution in [0.5, 0.6) is 0 Å². The number of halogens is 2. The van der Waals surface area contributed by atoms with Crippen LogP contribution in [0.15, 0.2) is 29.8 Å². The van der Waals surface area contributed by atoms with Gasteiger partial charge in [-0.15, -0.1) is 11.6 Å². The lowest BCUT2D eigenvalue weighted by Crippen LogP contribution is -2.05. The Morgan fingerprint density at radius 3 is 2.80 bits per heavy atom. The largest absolute Gasteiger partial charge is 0.466 e. The van der Waals surface area contributed by atoms with E-state index in [2.05, 4.69) is 4.74 Å². The topological polar surface area (TPSA) is 26.3 Å². The van der Waals surface area contributed by atoms with Crippen LogP contribution in [0, 0.1) is 0 Å². The molecule has 0 unspecified atom stereocenters. The van der Waals surface area contributed by atoms with Crippen LogP contribution in [-0.2, 0) is 9.53 Å². The Morgan fingerprint density at radius 1 is 1.53 bits per heavy atom. The summed E-state index contributed by atoms with van der Waals surface area (Å²) in [5.74, 6) is -0.316. The predicted octanol–water partition coefficient (Wildman–Crippen LogP) is 3.14. The maximum absolute atomic E-state index is 11.2. The minimum Gasteiger partial charge on any atom is -0.466 e. The Morgan fingerprint density at radius 2 is 2.27 bits per heavy atom. The molecule has 0 radical (unpaired) electrons. The van der Waals surface area contributed by atoms with E-state index < -0.39 is 5.97 Å². The molecule has 0 N–H and O–H groups in total. The molecule has 1 aromatic carbocycles. The second-order valence-electron chi connectivity index (χ2n) is 2.85. The highest BCUT2D eigenvalue weighted by Gasteiger charge is 2.07. The standard InChI is InChI=1S/C11H10Cl2O2/c1-15-11(14)9(7-12)5-8-3-2-4-10(13)6-8/h2-6H,7H2,1H3/b9-5+. The third-order valence-electron chi connectivity index (χ3n) is 1.78. The van der Waals surface area contributed by atoms with Crippen LogP contribution in [0.2, 0.25) is 5.02 Å². The summed E-state index contributed by atoms with van der Waals surface area (Å²) >= 11 is 11.4. The maximum Gasteiger partial charge on any atom is 0.334 e. The van der Waals surface area contributed by atoms with Gasteiger partial charge in [0.1, 0.15) is 0 Å². The normalized spacial score (nSPS) is 11.3. The molecule has 0 aliphatic rings. The summed E-state index contributed by atoms with van der Waals surface area (Å²) in [5, 5.41) is 0.613. The van der Waals surface area contributed by atoms with Gasteiger partial charge in [0.2, 0.25) is 0 Å². The van der Waals surface area contributed by atoms with Gasteiger partial charge in [0.05, 0.1) is 18.6 Å². The zero-order valence-corrected chi connectivity index (χ0v) is 9.68. The van der Waals surface area contributed by atoms with Crippen molar-refractivity contribution in [2.75, 3.05) is 13.0 Å². The number of carbonyl (C=O) groups excluding carboxylic acids is 1. The van der Waals surface area contributed by atoms with E-state index in [4.69, 9.17) is 23.2 Å². The fourth-order valence-corrected chi connectivity index (χ4v) is 1.47. The first-order chi connectivity index (χ1) is 7.17. The number of rotatable bonds is 3. The summed E-state index contributed by atoms with van der Waals surface area (Å²) in [6.07, 6.45) is 1.66. The number of benzene rings is 1. The minimum absolute atomic E-state index is 0.110. The third kappa shape index (κ3) is 3.57. The number of methoxy groups -OCH3 is 1. The average Bonchev–Trinajstić information content (AvgIpc) is 2.25. The fraction of sp³-hybridized carbons (Fsp3) is 0.182. The van der Waals surface area contributed by atoms with Crippen molar-refractivity contribution in [3.63, 3.8) is 0 Å². The Bertz CT molecular complexity index is 386. The SMILES string of the molecule is COC(=O)/C(=C/c1cccc(Cl)c1)CCl. The lowest BCUT2D eigenvalue weighted by molar-refractivity contribution is -0.135. The monoisotopic (exact) mass is 244 g/mol. The van der Waals surface area contributed by atoms with Crippen molar-refractivity contribution in [2.24, 2.45) is 0 Å². The lowest BCUT2D eigenvalue weighted by atomic mass is 10.1. The van der Waals surface area contributed by atoms with Crippen molar-refractivity contribution >= 4 is 35.2 Å². The Labute approximate surface area is 98.4 Å². The van der Waals surface area contributed by atoms with E-state index in [0.29, 0.717) is 10.6 Å². The van der Waals surface area contributed by atoms with E-state index in [9.17, 15) is 4.79 Å². The van der Waals surface area contributed by atoms with E-state index >= 15 is 0 Å². The second kappa shape index (κ2) is 5.79. The molecule has 0 saturated heterocycles. The van der Waals surface area contributed by atoms with Crippen LogP contribution in [-0.4, -0.2) is 19.0 Å². The molecule has 0 bridgehead atoms. The van der Waals surface area contributed by atoms with Crippen LogP contribution < -0.4 is 0 Å². The predicted molar refractivity (Wildman–Crippen MR) is 62.2 cm³/mol. The fourth-order valence-electron chi connectivity index (χ4n) is 1.08. The summed E-state index contributed by atoms with van der Waals surface area (Å²) in [6.45, 7) is 0. The third-order valence-corrected chi connectivity index (χ3v) is 2.30. The lowest BCUT2D eigenvalue weighted by Gasteiger charge is -2.01. The van der Waals surface area contributed by atoms with Crippen LogP contribution in [0.4, 0.5) is 0 Å². The van der Waals surface area contributed by atoms with Gasteiger partial charge in [-0.05, 0) is 23.8 Å². The van der Waals surface area contributed by atoms with Gasteiger partial charge < -0.3 is 4.74 Å². The molecule has 0 atom stereocenters.